The van der Waals surface area contributed by atoms with Gasteiger partial charge in [-0.2, -0.15) is 5.26 Å². The van der Waals surface area contributed by atoms with Gasteiger partial charge in [0.05, 0.1) is 11.6 Å². The molecule has 0 spiro atoms. The van der Waals surface area contributed by atoms with Gasteiger partial charge in [0, 0.05) is 6.54 Å². The van der Waals surface area contributed by atoms with Gasteiger partial charge in [-0.25, -0.2) is 4.79 Å². The molecular formula is C18H23N3O5. The second-order valence-electron chi connectivity index (χ2n) is 5.58. The molecule has 1 aromatic carbocycles. The standard InChI is InChI=1S/C18H23N3O5/c1-4-9-20-17(23)12(2)21-16(22)11-25-18(24)13(3)26-15-7-5-14(10-19)6-8-15/h5-8,12-13H,4,9,11H2,1-3H3,(H,20,23)(H,21,22)/t12-,13+/m1/s1. The van der Waals surface area contributed by atoms with E-state index in [9.17, 15) is 14.4 Å². The number of amides is 2. The molecule has 1 aromatic rings. The molecule has 1 rings (SSSR count). The molecule has 2 atom stereocenters. The van der Waals surface area contributed by atoms with Crippen molar-refractivity contribution in [1.82, 2.24) is 10.6 Å². The summed E-state index contributed by atoms with van der Waals surface area (Å²) in [4.78, 5) is 35.3. The van der Waals surface area contributed by atoms with E-state index in [0.29, 0.717) is 17.9 Å². The summed E-state index contributed by atoms with van der Waals surface area (Å²) < 4.78 is 10.3. The molecule has 0 aliphatic rings. The molecule has 0 aliphatic heterocycles. The van der Waals surface area contributed by atoms with Crippen LogP contribution in [0.25, 0.3) is 0 Å². The lowest BCUT2D eigenvalue weighted by Crippen LogP contribution is -2.46. The third-order valence-electron chi connectivity index (χ3n) is 3.29. The summed E-state index contributed by atoms with van der Waals surface area (Å²) >= 11 is 0. The van der Waals surface area contributed by atoms with Gasteiger partial charge in [0.2, 0.25) is 5.91 Å². The zero-order chi connectivity index (χ0) is 19.5. The van der Waals surface area contributed by atoms with Crippen LogP contribution in [0.1, 0.15) is 32.8 Å². The maximum absolute atomic E-state index is 11.9. The lowest BCUT2D eigenvalue weighted by atomic mass is 10.2. The van der Waals surface area contributed by atoms with E-state index in [1.807, 2.05) is 13.0 Å². The minimum absolute atomic E-state index is 0.302. The molecule has 0 saturated heterocycles. The van der Waals surface area contributed by atoms with Crippen LogP contribution in [0.2, 0.25) is 0 Å². The molecular weight excluding hydrogens is 338 g/mol. The summed E-state index contributed by atoms with van der Waals surface area (Å²) in [5, 5.41) is 13.8. The SMILES string of the molecule is CCCNC(=O)[C@@H](C)NC(=O)COC(=O)[C@H](C)Oc1ccc(C#N)cc1. The van der Waals surface area contributed by atoms with Gasteiger partial charge in [-0.1, -0.05) is 6.92 Å². The van der Waals surface area contributed by atoms with Crippen molar-refractivity contribution in [3.05, 3.63) is 29.8 Å². The highest BCUT2D eigenvalue weighted by Crippen LogP contribution is 2.13. The van der Waals surface area contributed by atoms with Crippen LogP contribution in [-0.2, 0) is 19.1 Å². The number of ether oxygens (including phenoxy) is 2. The molecule has 0 saturated carbocycles. The molecule has 8 heteroatoms. The van der Waals surface area contributed by atoms with E-state index >= 15 is 0 Å². The lowest BCUT2D eigenvalue weighted by molar-refractivity contribution is -0.155. The van der Waals surface area contributed by atoms with Gasteiger partial charge in [-0.15, -0.1) is 0 Å². The van der Waals surface area contributed by atoms with Crippen LogP contribution in [0.15, 0.2) is 24.3 Å². The van der Waals surface area contributed by atoms with Crippen LogP contribution in [0.3, 0.4) is 0 Å². The number of nitriles is 1. The largest absolute Gasteiger partial charge is 0.479 e. The molecule has 0 aromatic heterocycles. The maximum atomic E-state index is 11.9. The normalized spacial score (nSPS) is 12.2. The summed E-state index contributed by atoms with van der Waals surface area (Å²) in [6.07, 6.45) is -0.137. The number of benzene rings is 1. The minimum atomic E-state index is -0.930. The highest BCUT2D eigenvalue weighted by molar-refractivity contribution is 5.88. The zero-order valence-corrected chi connectivity index (χ0v) is 15.1. The number of esters is 1. The Balaban J connectivity index is 2.38. The Bertz CT molecular complexity index is 666. The minimum Gasteiger partial charge on any atom is -0.479 e. The number of carbonyl (C=O) groups is 3. The number of rotatable bonds is 9. The van der Waals surface area contributed by atoms with E-state index < -0.39 is 30.6 Å². The van der Waals surface area contributed by atoms with Crippen LogP contribution < -0.4 is 15.4 Å². The number of hydrogen-bond acceptors (Lipinski definition) is 6. The van der Waals surface area contributed by atoms with Crippen molar-refractivity contribution in [2.45, 2.75) is 39.3 Å². The fourth-order valence-electron chi connectivity index (χ4n) is 1.86. The molecule has 2 amide bonds. The van der Waals surface area contributed by atoms with E-state index in [4.69, 9.17) is 14.7 Å². The van der Waals surface area contributed by atoms with Crippen molar-refractivity contribution < 1.29 is 23.9 Å². The number of nitrogens with zero attached hydrogens (tertiary/aromatic N) is 1. The Kier molecular flexibility index (Phi) is 8.64. The van der Waals surface area contributed by atoms with E-state index in [1.165, 1.54) is 6.92 Å². The summed E-state index contributed by atoms with van der Waals surface area (Å²) in [7, 11) is 0. The van der Waals surface area contributed by atoms with E-state index in [1.54, 1.807) is 31.2 Å². The molecule has 0 bridgehead atoms. The van der Waals surface area contributed by atoms with Gasteiger partial charge in [0.15, 0.2) is 12.7 Å². The van der Waals surface area contributed by atoms with Gasteiger partial charge in [-0.05, 0) is 44.5 Å². The smallest absolute Gasteiger partial charge is 0.347 e. The van der Waals surface area contributed by atoms with Crippen LogP contribution in [-0.4, -0.2) is 43.1 Å². The molecule has 140 valence electrons. The quantitative estimate of drug-likeness (QED) is 0.631. The van der Waals surface area contributed by atoms with E-state index in [-0.39, 0.29) is 5.91 Å². The first-order chi connectivity index (χ1) is 12.4. The molecule has 2 N–H and O–H groups in total. The van der Waals surface area contributed by atoms with Crippen molar-refractivity contribution in [3.63, 3.8) is 0 Å². The van der Waals surface area contributed by atoms with Crippen molar-refractivity contribution in [2.24, 2.45) is 0 Å². The lowest BCUT2D eigenvalue weighted by Gasteiger charge is -2.16. The van der Waals surface area contributed by atoms with Gasteiger partial charge >= 0.3 is 5.97 Å². The van der Waals surface area contributed by atoms with E-state index in [2.05, 4.69) is 10.6 Å². The van der Waals surface area contributed by atoms with Gasteiger partial charge < -0.3 is 20.1 Å². The van der Waals surface area contributed by atoms with Crippen LogP contribution >= 0.6 is 0 Å². The Morgan fingerprint density at radius 1 is 1.19 bits per heavy atom. The fourth-order valence-corrected chi connectivity index (χ4v) is 1.86. The molecule has 26 heavy (non-hydrogen) atoms. The van der Waals surface area contributed by atoms with Crippen molar-refractivity contribution in [1.29, 1.82) is 5.26 Å². The predicted molar refractivity (Wildman–Crippen MR) is 93.1 cm³/mol. The maximum Gasteiger partial charge on any atom is 0.347 e. The summed E-state index contributed by atoms with van der Waals surface area (Å²) in [6, 6.07) is 7.50. The van der Waals surface area contributed by atoms with Crippen LogP contribution in [0.5, 0.6) is 5.75 Å². The third kappa shape index (κ3) is 7.21. The first-order valence-corrected chi connectivity index (χ1v) is 8.27. The highest BCUT2D eigenvalue weighted by atomic mass is 16.6. The first kappa shape index (κ1) is 21.0. The Morgan fingerprint density at radius 2 is 1.85 bits per heavy atom. The zero-order valence-electron chi connectivity index (χ0n) is 15.1. The van der Waals surface area contributed by atoms with Gasteiger partial charge in [-0.3, -0.25) is 9.59 Å². The second-order valence-corrected chi connectivity index (χ2v) is 5.58. The summed E-state index contributed by atoms with van der Waals surface area (Å²) in [5.74, 6) is -1.20. The monoisotopic (exact) mass is 361 g/mol. The Morgan fingerprint density at radius 3 is 2.42 bits per heavy atom. The van der Waals surface area contributed by atoms with Crippen LogP contribution in [0.4, 0.5) is 0 Å². The first-order valence-electron chi connectivity index (χ1n) is 8.27. The number of hydrogen-bond donors (Lipinski definition) is 2. The van der Waals surface area contributed by atoms with Gasteiger partial charge in [0.1, 0.15) is 11.8 Å². The fraction of sp³-hybridized carbons (Fsp3) is 0.444. The summed E-state index contributed by atoms with van der Waals surface area (Å²) in [6.45, 7) is 4.97. The Labute approximate surface area is 152 Å². The predicted octanol–water partition coefficient (Wildman–Crippen LogP) is 0.900. The van der Waals surface area contributed by atoms with Crippen molar-refractivity contribution in [2.75, 3.05) is 13.2 Å². The highest BCUT2D eigenvalue weighted by Gasteiger charge is 2.20. The summed E-state index contributed by atoms with van der Waals surface area (Å²) in [5.41, 5.74) is 0.473. The average molecular weight is 361 g/mol. The second kappa shape index (κ2) is 10.7. The Hall–Kier alpha value is -3.08. The van der Waals surface area contributed by atoms with Crippen molar-refractivity contribution in [3.8, 4) is 11.8 Å². The average Bonchev–Trinajstić information content (AvgIpc) is 2.64. The molecule has 0 heterocycles. The molecule has 0 radical (unpaired) electrons. The number of carbonyl (C=O) groups excluding carboxylic acids is 3. The molecule has 0 aliphatic carbocycles. The molecule has 8 nitrogen and oxygen atoms in total. The topological polar surface area (TPSA) is 118 Å². The third-order valence-corrected chi connectivity index (χ3v) is 3.29. The van der Waals surface area contributed by atoms with Crippen molar-refractivity contribution >= 4 is 17.8 Å². The molecule has 0 unspecified atom stereocenters. The van der Waals surface area contributed by atoms with Crippen LogP contribution in [0, 0.1) is 11.3 Å². The number of nitrogens with one attached hydrogen (secondary N) is 2. The molecule has 0 fully saturated rings. The van der Waals surface area contributed by atoms with E-state index in [0.717, 1.165) is 6.42 Å². The van der Waals surface area contributed by atoms with Gasteiger partial charge in [0.25, 0.3) is 5.91 Å².